The van der Waals surface area contributed by atoms with Gasteiger partial charge in [0.05, 0.1) is 23.7 Å². The van der Waals surface area contributed by atoms with Crippen LogP contribution in [0, 0.1) is 0 Å². The second kappa shape index (κ2) is 13.0. The number of fused-ring (bicyclic) bond motifs is 1. The first-order valence-electron chi connectivity index (χ1n) is 10.3. The number of para-hydroxylation sites is 2. The molecule has 1 aromatic carbocycles. The van der Waals surface area contributed by atoms with Crippen LogP contribution in [0.4, 0.5) is 0 Å². The summed E-state index contributed by atoms with van der Waals surface area (Å²) < 4.78 is 6.01. The first kappa shape index (κ1) is 22.9. The number of nitrogens with zero attached hydrogens (tertiary/aromatic N) is 2. The largest absolute Gasteiger partial charge is 0.376 e. The normalized spacial score (nSPS) is 15.8. The van der Waals surface area contributed by atoms with Crippen LogP contribution in [0.5, 0.6) is 0 Å². The summed E-state index contributed by atoms with van der Waals surface area (Å²) in [6.45, 7) is 2.39. The van der Waals surface area contributed by atoms with Gasteiger partial charge in [-0.1, -0.05) is 37.8 Å². The van der Waals surface area contributed by atoms with Crippen molar-refractivity contribution in [2.24, 2.45) is 4.99 Å². The van der Waals surface area contributed by atoms with E-state index >= 15 is 0 Å². The third-order valence-corrected chi connectivity index (χ3v) is 5.10. The molecule has 1 heterocycles. The Labute approximate surface area is 185 Å². The molecule has 6 nitrogen and oxygen atoms in total. The van der Waals surface area contributed by atoms with Crippen LogP contribution in [-0.4, -0.2) is 48.8 Å². The number of aromatic amines is 1. The maximum absolute atomic E-state index is 6.01. The van der Waals surface area contributed by atoms with E-state index in [0.717, 1.165) is 55.4 Å². The number of aliphatic imine (C=N–C) groups is 1. The summed E-state index contributed by atoms with van der Waals surface area (Å²) in [5.74, 6) is 1.88. The van der Waals surface area contributed by atoms with Crippen LogP contribution in [0.3, 0.4) is 0 Å². The first-order valence-corrected chi connectivity index (χ1v) is 10.3. The Kier molecular flexibility index (Phi) is 10.6. The molecule has 1 fully saturated rings. The van der Waals surface area contributed by atoms with Crippen molar-refractivity contribution >= 4 is 41.0 Å². The maximum Gasteiger partial charge on any atom is 0.191 e. The van der Waals surface area contributed by atoms with Gasteiger partial charge in [0.1, 0.15) is 5.82 Å². The molecule has 1 saturated carbocycles. The lowest BCUT2D eigenvalue weighted by molar-refractivity contribution is 0.0468. The molecule has 28 heavy (non-hydrogen) atoms. The summed E-state index contributed by atoms with van der Waals surface area (Å²) in [7, 11) is 1.81. The lowest BCUT2D eigenvalue weighted by Crippen LogP contribution is -2.39. The van der Waals surface area contributed by atoms with Crippen LogP contribution >= 0.6 is 24.0 Å². The van der Waals surface area contributed by atoms with Gasteiger partial charge in [-0.05, 0) is 31.4 Å². The fraction of sp³-hybridized carbons (Fsp3) is 0.619. The SMILES string of the molecule is CN=C(NCCCc1nc2ccccc2[nH]1)NCCOC1CCCCCC1.I. The average molecular weight is 499 g/mol. The topological polar surface area (TPSA) is 74.3 Å². The number of halogens is 1. The van der Waals surface area contributed by atoms with Gasteiger partial charge < -0.3 is 20.4 Å². The maximum atomic E-state index is 6.01. The van der Waals surface area contributed by atoms with Crippen molar-refractivity contribution in [2.45, 2.75) is 57.5 Å². The van der Waals surface area contributed by atoms with Gasteiger partial charge in [0.2, 0.25) is 0 Å². The number of H-pyrrole nitrogens is 1. The molecule has 0 spiro atoms. The molecular weight excluding hydrogens is 465 g/mol. The minimum absolute atomic E-state index is 0. The number of nitrogens with one attached hydrogen (secondary N) is 3. The number of benzene rings is 1. The van der Waals surface area contributed by atoms with E-state index in [9.17, 15) is 0 Å². The molecule has 0 aliphatic heterocycles. The van der Waals surface area contributed by atoms with Crippen molar-refractivity contribution in [3.63, 3.8) is 0 Å². The van der Waals surface area contributed by atoms with E-state index in [0.29, 0.717) is 6.10 Å². The van der Waals surface area contributed by atoms with E-state index in [4.69, 9.17) is 4.74 Å². The summed E-state index contributed by atoms with van der Waals surface area (Å²) in [6.07, 6.45) is 10.2. The van der Waals surface area contributed by atoms with Crippen LogP contribution in [0.1, 0.15) is 50.8 Å². The highest BCUT2D eigenvalue weighted by Crippen LogP contribution is 2.19. The van der Waals surface area contributed by atoms with Crippen molar-refractivity contribution < 1.29 is 4.74 Å². The Morgan fingerprint density at radius 1 is 1.14 bits per heavy atom. The zero-order valence-electron chi connectivity index (χ0n) is 16.9. The summed E-state index contributed by atoms with van der Waals surface area (Å²) >= 11 is 0. The number of imidazole rings is 1. The molecule has 1 aromatic heterocycles. The Balaban J connectivity index is 0.00000280. The molecule has 0 bridgehead atoms. The molecule has 0 atom stereocenters. The van der Waals surface area contributed by atoms with Crippen molar-refractivity contribution in [1.82, 2.24) is 20.6 Å². The smallest absolute Gasteiger partial charge is 0.191 e. The van der Waals surface area contributed by atoms with Crippen molar-refractivity contribution in [3.05, 3.63) is 30.1 Å². The van der Waals surface area contributed by atoms with E-state index in [1.165, 1.54) is 38.5 Å². The molecule has 3 N–H and O–H groups in total. The molecule has 0 amide bonds. The van der Waals surface area contributed by atoms with Gasteiger partial charge in [-0.3, -0.25) is 4.99 Å². The number of ether oxygens (including phenoxy) is 1. The Morgan fingerprint density at radius 2 is 1.89 bits per heavy atom. The monoisotopic (exact) mass is 499 g/mol. The van der Waals surface area contributed by atoms with Crippen LogP contribution < -0.4 is 10.6 Å². The molecule has 2 aromatic rings. The van der Waals surface area contributed by atoms with Gasteiger partial charge in [0.15, 0.2) is 5.96 Å². The first-order chi connectivity index (χ1) is 13.3. The van der Waals surface area contributed by atoms with Crippen LogP contribution in [-0.2, 0) is 11.2 Å². The van der Waals surface area contributed by atoms with E-state index in [1.807, 2.05) is 18.2 Å². The zero-order valence-corrected chi connectivity index (χ0v) is 19.2. The number of rotatable bonds is 8. The van der Waals surface area contributed by atoms with Gasteiger partial charge in [0, 0.05) is 26.6 Å². The second-order valence-electron chi connectivity index (χ2n) is 7.21. The van der Waals surface area contributed by atoms with Crippen LogP contribution in [0.15, 0.2) is 29.3 Å². The minimum atomic E-state index is 0. The number of aryl methyl sites for hydroxylation is 1. The average Bonchev–Trinajstić information content (AvgIpc) is 2.93. The van der Waals surface area contributed by atoms with Gasteiger partial charge in [-0.15, -0.1) is 24.0 Å². The summed E-state index contributed by atoms with van der Waals surface area (Å²) in [5.41, 5.74) is 2.14. The lowest BCUT2D eigenvalue weighted by Gasteiger charge is -2.16. The highest BCUT2D eigenvalue weighted by molar-refractivity contribution is 14.0. The number of aromatic nitrogens is 2. The van der Waals surface area contributed by atoms with E-state index < -0.39 is 0 Å². The molecule has 0 saturated heterocycles. The van der Waals surface area contributed by atoms with Gasteiger partial charge >= 0.3 is 0 Å². The van der Waals surface area contributed by atoms with Gasteiger partial charge in [-0.25, -0.2) is 4.98 Å². The predicted octanol–water partition coefficient (Wildman–Crippen LogP) is 4.02. The molecular formula is C21H34IN5O. The summed E-state index contributed by atoms with van der Waals surface area (Å²) in [6, 6.07) is 8.15. The highest BCUT2D eigenvalue weighted by Gasteiger charge is 2.12. The Hall–Kier alpha value is -1.35. The van der Waals surface area contributed by atoms with Crippen molar-refractivity contribution in [3.8, 4) is 0 Å². The Bertz CT molecular complexity index is 677. The highest BCUT2D eigenvalue weighted by atomic mass is 127. The van der Waals surface area contributed by atoms with Crippen LogP contribution in [0.25, 0.3) is 11.0 Å². The molecule has 1 aliphatic carbocycles. The fourth-order valence-electron chi connectivity index (χ4n) is 3.61. The van der Waals surface area contributed by atoms with Crippen LogP contribution in [0.2, 0.25) is 0 Å². The minimum Gasteiger partial charge on any atom is -0.376 e. The van der Waals surface area contributed by atoms with Crippen molar-refractivity contribution in [1.29, 1.82) is 0 Å². The lowest BCUT2D eigenvalue weighted by atomic mass is 10.1. The summed E-state index contributed by atoms with van der Waals surface area (Å²) in [4.78, 5) is 12.3. The quantitative estimate of drug-likeness (QED) is 0.169. The van der Waals surface area contributed by atoms with Crippen molar-refractivity contribution in [2.75, 3.05) is 26.7 Å². The summed E-state index contributed by atoms with van der Waals surface area (Å²) in [5, 5.41) is 6.70. The van der Waals surface area contributed by atoms with Gasteiger partial charge in [0.25, 0.3) is 0 Å². The molecule has 1 aliphatic rings. The van der Waals surface area contributed by atoms with Gasteiger partial charge in [-0.2, -0.15) is 0 Å². The molecule has 0 unspecified atom stereocenters. The third-order valence-electron chi connectivity index (χ3n) is 5.10. The Morgan fingerprint density at radius 3 is 2.64 bits per heavy atom. The van der Waals surface area contributed by atoms with E-state index in [1.54, 1.807) is 7.05 Å². The molecule has 0 radical (unpaired) electrons. The number of hydrogen-bond donors (Lipinski definition) is 3. The number of hydrogen-bond acceptors (Lipinski definition) is 3. The van der Waals surface area contributed by atoms with E-state index in [2.05, 4.69) is 31.7 Å². The molecule has 7 heteroatoms. The molecule has 156 valence electrons. The second-order valence-corrected chi connectivity index (χ2v) is 7.21. The van der Waals surface area contributed by atoms with E-state index in [-0.39, 0.29) is 24.0 Å². The standard InChI is InChI=1S/C21H33N5O.HI/c1-22-21(24-15-16-27-17-9-4-2-3-5-10-17)23-14-8-13-20-25-18-11-6-7-12-19(18)26-20;/h6-7,11-12,17H,2-5,8-10,13-16H2,1H3,(H,25,26)(H2,22,23,24);1H. The third kappa shape index (κ3) is 7.58. The number of guanidine groups is 1. The predicted molar refractivity (Wildman–Crippen MR) is 127 cm³/mol. The molecule has 3 rings (SSSR count). The zero-order chi connectivity index (χ0) is 18.7. The fourth-order valence-corrected chi connectivity index (χ4v) is 3.61.